The summed E-state index contributed by atoms with van der Waals surface area (Å²) in [6.07, 6.45) is 7.68. The molecule has 0 unspecified atom stereocenters. The zero-order valence-electron chi connectivity index (χ0n) is 12.7. The summed E-state index contributed by atoms with van der Waals surface area (Å²) in [7, 11) is 0. The van der Waals surface area contributed by atoms with Gasteiger partial charge in [-0.2, -0.15) is 0 Å². The summed E-state index contributed by atoms with van der Waals surface area (Å²) in [5.41, 5.74) is 1.17. The molecule has 1 aromatic heterocycles. The maximum absolute atomic E-state index is 8.53. The first-order chi connectivity index (χ1) is 9.00. The van der Waals surface area contributed by atoms with Gasteiger partial charge in [0.25, 0.3) is 0 Å². The van der Waals surface area contributed by atoms with Gasteiger partial charge in [-0.25, -0.2) is 0 Å². The number of hydrogen-bond acceptors (Lipinski definition) is 2. The third kappa shape index (κ3) is 2.03. The van der Waals surface area contributed by atoms with Crippen LogP contribution in [-0.4, -0.2) is 17.5 Å². The van der Waals surface area contributed by atoms with Crippen LogP contribution in [-0.2, 0) is 0 Å². The van der Waals surface area contributed by atoms with Gasteiger partial charge in [-0.15, -0.1) is 0 Å². The molecule has 3 heterocycles. The van der Waals surface area contributed by atoms with E-state index in [1.54, 1.807) is 12.5 Å². The van der Waals surface area contributed by atoms with E-state index in [1.807, 2.05) is 13.0 Å². The molecule has 94 valence electrons. The Kier molecular flexibility index (Phi) is 2.43. The summed E-state index contributed by atoms with van der Waals surface area (Å²) in [4.78, 5) is 2.29. The van der Waals surface area contributed by atoms with Crippen molar-refractivity contribution in [3.63, 3.8) is 0 Å². The molecular weight excluding hydrogens is 210 g/mol. The highest BCUT2D eigenvalue weighted by Crippen LogP contribution is 2.42. The summed E-state index contributed by atoms with van der Waals surface area (Å²) >= 11 is 0. The highest BCUT2D eigenvalue weighted by Gasteiger charge is 2.38. The van der Waals surface area contributed by atoms with E-state index < -0.39 is 12.4 Å². The minimum atomic E-state index is -0.657. The number of hydrogen-bond donors (Lipinski definition) is 0. The minimum Gasteiger partial charge on any atom is -0.472 e. The summed E-state index contributed by atoms with van der Waals surface area (Å²) in [5, 5.41) is 0. The lowest BCUT2D eigenvalue weighted by molar-refractivity contribution is -0.00172. The van der Waals surface area contributed by atoms with Crippen LogP contribution in [0.5, 0.6) is 0 Å². The van der Waals surface area contributed by atoms with Gasteiger partial charge >= 0.3 is 0 Å². The molecule has 2 aliphatic rings. The van der Waals surface area contributed by atoms with E-state index in [2.05, 4.69) is 11.8 Å². The zero-order valence-corrected chi connectivity index (χ0v) is 10.7. The van der Waals surface area contributed by atoms with Crippen molar-refractivity contribution in [1.29, 1.82) is 0 Å². The molecule has 0 saturated carbocycles. The molecule has 0 amide bonds. The standard InChI is InChI=1S/C15H23NO/c1-11-3-5-14-12(2)4-6-15(16(14)9-11)13-7-8-17-10-13/h7-8,10-12,14-15H,3-6,9H2,1-2H3/t11-,12+,14-,15-/m0/s1/i9D,11D/t9-,11+,12-,14+,15+/m1. The van der Waals surface area contributed by atoms with Crippen LogP contribution in [0.2, 0.25) is 0 Å². The first-order valence-corrected chi connectivity index (χ1v) is 6.72. The Hall–Kier alpha value is -0.760. The number of nitrogens with zero attached hydrogens (tertiary/aromatic N) is 1. The molecule has 2 aliphatic heterocycles. The van der Waals surface area contributed by atoms with Gasteiger partial charge in [0.2, 0.25) is 0 Å². The highest BCUT2D eigenvalue weighted by molar-refractivity contribution is 5.14. The second kappa shape index (κ2) is 4.49. The molecule has 17 heavy (non-hydrogen) atoms. The predicted octanol–water partition coefficient (Wildman–Crippen LogP) is 3.85. The molecule has 0 aliphatic carbocycles. The smallest absolute Gasteiger partial charge is 0.0950 e. The fourth-order valence-electron chi connectivity index (χ4n) is 3.40. The molecular formula is C15H23NO. The molecule has 0 bridgehead atoms. The molecule has 2 fully saturated rings. The van der Waals surface area contributed by atoms with Crippen LogP contribution in [0.1, 0.15) is 53.9 Å². The maximum atomic E-state index is 8.53. The summed E-state index contributed by atoms with van der Waals surface area (Å²) in [5.74, 6) is -0.0256. The molecule has 0 radical (unpaired) electrons. The first kappa shape index (κ1) is 9.21. The van der Waals surface area contributed by atoms with Gasteiger partial charge in [0, 0.05) is 26.9 Å². The third-order valence-electron chi connectivity index (χ3n) is 4.43. The van der Waals surface area contributed by atoms with E-state index in [0.29, 0.717) is 12.0 Å². The van der Waals surface area contributed by atoms with Gasteiger partial charge in [-0.3, -0.25) is 4.90 Å². The van der Waals surface area contributed by atoms with Gasteiger partial charge < -0.3 is 4.42 Å². The lowest BCUT2D eigenvalue weighted by Gasteiger charge is -2.49. The topological polar surface area (TPSA) is 16.4 Å². The summed E-state index contributed by atoms with van der Waals surface area (Å²) < 4.78 is 22.1. The number of piperidine rings is 2. The Balaban J connectivity index is 1.94. The van der Waals surface area contributed by atoms with Crippen molar-refractivity contribution in [1.82, 2.24) is 4.90 Å². The van der Waals surface area contributed by atoms with E-state index in [0.717, 1.165) is 19.3 Å². The molecule has 2 saturated heterocycles. The zero-order chi connectivity index (χ0) is 13.6. The summed E-state index contributed by atoms with van der Waals surface area (Å²) in [6.45, 7) is 3.77. The van der Waals surface area contributed by atoms with Crippen LogP contribution in [0, 0.1) is 11.8 Å². The fourth-order valence-corrected chi connectivity index (χ4v) is 3.40. The molecule has 0 spiro atoms. The van der Waals surface area contributed by atoms with Crippen molar-refractivity contribution >= 4 is 0 Å². The molecule has 2 heteroatoms. The molecule has 5 atom stereocenters. The van der Waals surface area contributed by atoms with Crippen molar-refractivity contribution in [2.24, 2.45) is 11.8 Å². The van der Waals surface area contributed by atoms with Crippen molar-refractivity contribution in [3.8, 4) is 0 Å². The van der Waals surface area contributed by atoms with Gasteiger partial charge in [0.15, 0.2) is 0 Å². The second-order valence-corrected chi connectivity index (χ2v) is 5.66. The van der Waals surface area contributed by atoms with Gasteiger partial charge in [-0.1, -0.05) is 13.8 Å². The van der Waals surface area contributed by atoms with E-state index >= 15 is 0 Å². The number of rotatable bonds is 1. The molecule has 0 aromatic carbocycles. The van der Waals surface area contributed by atoms with Crippen LogP contribution in [0.15, 0.2) is 23.0 Å². The molecule has 1 aromatic rings. The second-order valence-electron chi connectivity index (χ2n) is 5.66. The maximum Gasteiger partial charge on any atom is 0.0950 e. The predicted molar refractivity (Wildman–Crippen MR) is 68.7 cm³/mol. The van der Waals surface area contributed by atoms with E-state index in [1.165, 1.54) is 12.0 Å². The normalized spacial score (nSPS) is 49.3. The monoisotopic (exact) mass is 235 g/mol. The Morgan fingerprint density at radius 1 is 1.35 bits per heavy atom. The van der Waals surface area contributed by atoms with Crippen LogP contribution >= 0.6 is 0 Å². The largest absolute Gasteiger partial charge is 0.472 e. The SMILES string of the molecule is [2H][C@H]1N2[C@H](c3ccoc3)CC[C@@H](C)[C@@H]2CC[C@]1([2H])C. The van der Waals surface area contributed by atoms with Crippen molar-refractivity contribution in [3.05, 3.63) is 24.2 Å². The van der Waals surface area contributed by atoms with Crippen LogP contribution in [0.4, 0.5) is 0 Å². The van der Waals surface area contributed by atoms with E-state index in [4.69, 9.17) is 7.16 Å². The minimum absolute atomic E-state index is 0.257. The molecule has 0 N–H and O–H groups in total. The Morgan fingerprint density at radius 3 is 3.00 bits per heavy atom. The Bertz CT molecular complexity index is 429. The van der Waals surface area contributed by atoms with E-state index in [9.17, 15) is 0 Å². The van der Waals surface area contributed by atoms with Crippen molar-refractivity contribution < 1.29 is 7.16 Å². The van der Waals surface area contributed by atoms with Gasteiger partial charge in [0.05, 0.1) is 12.5 Å². The van der Waals surface area contributed by atoms with E-state index in [-0.39, 0.29) is 6.04 Å². The van der Waals surface area contributed by atoms with Crippen LogP contribution in [0.25, 0.3) is 0 Å². The van der Waals surface area contributed by atoms with Gasteiger partial charge in [0.1, 0.15) is 0 Å². The molecule has 2 nitrogen and oxygen atoms in total. The quantitative estimate of drug-likeness (QED) is 0.735. The number of fused-ring (bicyclic) bond motifs is 1. The third-order valence-corrected chi connectivity index (χ3v) is 4.43. The van der Waals surface area contributed by atoms with Gasteiger partial charge in [-0.05, 0) is 43.6 Å². The average Bonchev–Trinajstić information content (AvgIpc) is 2.88. The average molecular weight is 235 g/mol. The fraction of sp³-hybridized carbons (Fsp3) is 0.733. The van der Waals surface area contributed by atoms with Crippen molar-refractivity contribution in [2.45, 2.75) is 51.6 Å². The number of furan rings is 1. The lowest BCUT2D eigenvalue weighted by Crippen LogP contribution is -2.50. The van der Waals surface area contributed by atoms with Crippen LogP contribution < -0.4 is 0 Å². The lowest BCUT2D eigenvalue weighted by atomic mass is 9.78. The summed E-state index contributed by atoms with van der Waals surface area (Å²) in [6, 6.07) is 2.72. The first-order valence-electron chi connectivity index (χ1n) is 7.80. The highest BCUT2D eigenvalue weighted by atomic mass is 16.3. The Morgan fingerprint density at radius 2 is 2.24 bits per heavy atom. The Labute approximate surface area is 107 Å². The van der Waals surface area contributed by atoms with Crippen LogP contribution in [0.3, 0.4) is 0 Å². The van der Waals surface area contributed by atoms with Crippen molar-refractivity contribution in [2.75, 3.05) is 6.52 Å². The molecule has 3 rings (SSSR count).